The van der Waals surface area contributed by atoms with Gasteiger partial charge in [-0.3, -0.25) is 4.98 Å². The monoisotopic (exact) mass is 339 g/mol. The molecule has 0 saturated carbocycles. The average Bonchev–Trinajstić information content (AvgIpc) is 3.09. The Labute approximate surface area is 144 Å². The number of aromatic nitrogens is 2. The van der Waals surface area contributed by atoms with Crippen molar-refractivity contribution in [1.29, 1.82) is 0 Å². The molecule has 0 bridgehead atoms. The molecule has 0 saturated heterocycles. The number of benzene rings is 1. The van der Waals surface area contributed by atoms with Gasteiger partial charge in [0.15, 0.2) is 0 Å². The molecule has 116 valence electrons. The average molecular weight is 339 g/mol. The molecule has 0 aliphatic carbocycles. The van der Waals surface area contributed by atoms with Gasteiger partial charge in [0.25, 0.3) is 0 Å². The summed E-state index contributed by atoms with van der Waals surface area (Å²) < 4.78 is 0. The molecule has 0 unspecified atom stereocenters. The normalized spacial score (nSPS) is 13.8. The molecule has 4 rings (SSSR count). The van der Waals surface area contributed by atoms with Gasteiger partial charge in [-0.15, -0.1) is 23.1 Å². The van der Waals surface area contributed by atoms with Crippen molar-refractivity contribution in [3.8, 4) is 0 Å². The molecule has 0 radical (unpaired) electrons. The van der Waals surface area contributed by atoms with E-state index in [-0.39, 0.29) is 0 Å². The zero-order valence-corrected chi connectivity index (χ0v) is 14.3. The summed E-state index contributed by atoms with van der Waals surface area (Å²) in [7, 11) is 0. The maximum absolute atomic E-state index is 4.80. The van der Waals surface area contributed by atoms with E-state index in [1.165, 1.54) is 16.0 Å². The lowest BCUT2D eigenvalue weighted by atomic mass is 10.1. The highest BCUT2D eigenvalue weighted by atomic mass is 32.2. The Balaban J connectivity index is 1.46. The van der Waals surface area contributed by atoms with Crippen LogP contribution in [0.1, 0.15) is 16.0 Å². The summed E-state index contributed by atoms with van der Waals surface area (Å²) in [6, 6.07) is 12.7. The molecule has 1 aromatic carbocycles. The Morgan fingerprint density at radius 1 is 1.13 bits per heavy atom. The van der Waals surface area contributed by atoms with Crippen molar-refractivity contribution >= 4 is 28.9 Å². The van der Waals surface area contributed by atoms with Gasteiger partial charge in [-0.1, -0.05) is 30.3 Å². The number of nitrogens with zero attached hydrogens (tertiary/aromatic N) is 3. The maximum Gasteiger partial charge on any atom is 0.148 e. The number of fused-ring (bicyclic) bond motifs is 1. The third kappa shape index (κ3) is 3.41. The van der Waals surface area contributed by atoms with E-state index in [0.717, 1.165) is 36.1 Å². The van der Waals surface area contributed by atoms with Crippen molar-refractivity contribution in [3.05, 3.63) is 70.2 Å². The molecule has 5 heteroatoms. The third-order valence-electron chi connectivity index (χ3n) is 3.96. The number of hydrogen-bond acceptors (Lipinski definition) is 5. The molecule has 0 N–H and O–H groups in total. The van der Waals surface area contributed by atoms with Crippen LogP contribution in [0, 0.1) is 0 Å². The number of rotatable bonds is 4. The molecule has 3 nitrogen and oxygen atoms in total. The number of anilines is 1. The molecule has 3 aromatic rings. The van der Waals surface area contributed by atoms with E-state index in [1.54, 1.807) is 11.8 Å². The Kier molecular flexibility index (Phi) is 4.30. The van der Waals surface area contributed by atoms with E-state index in [4.69, 9.17) is 4.98 Å². The van der Waals surface area contributed by atoms with Crippen LogP contribution in [0.3, 0.4) is 0 Å². The van der Waals surface area contributed by atoms with Gasteiger partial charge in [0.2, 0.25) is 0 Å². The second-order valence-electron chi connectivity index (χ2n) is 5.53. The summed E-state index contributed by atoms with van der Waals surface area (Å²) in [5.74, 6) is 1.91. The maximum atomic E-state index is 4.80. The van der Waals surface area contributed by atoms with Crippen molar-refractivity contribution in [2.24, 2.45) is 0 Å². The molecule has 0 atom stereocenters. The minimum absolute atomic E-state index is 0.924. The van der Waals surface area contributed by atoms with E-state index >= 15 is 0 Å². The van der Waals surface area contributed by atoms with Gasteiger partial charge in [-0.05, 0) is 29.0 Å². The largest absolute Gasteiger partial charge is 0.351 e. The van der Waals surface area contributed by atoms with E-state index in [2.05, 4.69) is 45.6 Å². The van der Waals surface area contributed by atoms with Crippen LogP contribution in [-0.2, 0) is 18.7 Å². The molecule has 1 aliphatic heterocycles. The van der Waals surface area contributed by atoms with Crippen molar-refractivity contribution in [1.82, 2.24) is 9.97 Å². The van der Waals surface area contributed by atoms with Crippen LogP contribution in [0.25, 0.3) is 0 Å². The fourth-order valence-electron chi connectivity index (χ4n) is 2.74. The summed E-state index contributed by atoms with van der Waals surface area (Å²) in [5.41, 5.74) is 2.75. The Morgan fingerprint density at radius 3 is 2.96 bits per heavy atom. The lowest BCUT2D eigenvalue weighted by Crippen LogP contribution is -2.30. The first-order valence-corrected chi connectivity index (χ1v) is 9.54. The van der Waals surface area contributed by atoms with Crippen LogP contribution in [0.15, 0.2) is 59.2 Å². The van der Waals surface area contributed by atoms with Gasteiger partial charge in [0.05, 0.1) is 12.4 Å². The SMILES string of the molecule is c1ccc(CSc2cncc(N3CCc4sccc4C3)n2)cc1. The van der Waals surface area contributed by atoms with E-state index < -0.39 is 0 Å². The van der Waals surface area contributed by atoms with Gasteiger partial charge < -0.3 is 4.90 Å². The van der Waals surface area contributed by atoms with Gasteiger partial charge in [0.1, 0.15) is 10.8 Å². The minimum atomic E-state index is 0.924. The van der Waals surface area contributed by atoms with Crippen molar-refractivity contribution in [2.45, 2.75) is 23.7 Å². The van der Waals surface area contributed by atoms with E-state index in [0.29, 0.717) is 0 Å². The predicted octanol–water partition coefficient (Wildman–Crippen LogP) is 4.39. The van der Waals surface area contributed by atoms with Crippen LogP contribution in [-0.4, -0.2) is 16.5 Å². The van der Waals surface area contributed by atoms with Gasteiger partial charge in [-0.2, -0.15) is 0 Å². The van der Waals surface area contributed by atoms with Crippen LogP contribution in [0.5, 0.6) is 0 Å². The third-order valence-corrected chi connectivity index (χ3v) is 5.95. The Bertz CT molecular complexity index is 786. The summed E-state index contributed by atoms with van der Waals surface area (Å²) >= 11 is 3.61. The number of hydrogen-bond donors (Lipinski definition) is 0. The standard InChI is InChI=1S/C18H17N3S2/c1-2-4-14(5-3-1)13-23-18-11-19-10-17(20-18)21-8-6-16-15(12-21)7-9-22-16/h1-5,7,9-11H,6,8,12-13H2. The quantitative estimate of drug-likeness (QED) is 0.659. The lowest BCUT2D eigenvalue weighted by molar-refractivity contribution is 0.723. The van der Waals surface area contributed by atoms with Crippen molar-refractivity contribution in [2.75, 3.05) is 11.4 Å². The highest BCUT2D eigenvalue weighted by Crippen LogP contribution is 2.28. The summed E-state index contributed by atoms with van der Waals surface area (Å²) in [5, 5.41) is 3.17. The molecule has 23 heavy (non-hydrogen) atoms. The smallest absolute Gasteiger partial charge is 0.148 e. The second kappa shape index (κ2) is 6.72. The van der Waals surface area contributed by atoms with Gasteiger partial charge >= 0.3 is 0 Å². The molecule has 1 aliphatic rings. The number of thioether (sulfide) groups is 1. The minimum Gasteiger partial charge on any atom is -0.351 e. The van der Waals surface area contributed by atoms with Crippen LogP contribution >= 0.6 is 23.1 Å². The second-order valence-corrected chi connectivity index (χ2v) is 7.53. The van der Waals surface area contributed by atoms with Gasteiger partial charge in [-0.25, -0.2) is 4.98 Å². The molecule has 0 fully saturated rings. The molecule has 2 aromatic heterocycles. The molecule has 0 spiro atoms. The molecular formula is C18H17N3S2. The topological polar surface area (TPSA) is 29.0 Å². The summed E-state index contributed by atoms with van der Waals surface area (Å²) in [6.45, 7) is 1.97. The highest BCUT2D eigenvalue weighted by Gasteiger charge is 2.18. The predicted molar refractivity (Wildman–Crippen MR) is 97.1 cm³/mol. The molecule has 3 heterocycles. The van der Waals surface area contributed by atoms with Crippen LogP contribution < -0.4 is 4.90 Å². The Hall–Kier alpha value is -1.85. The summed E-state index contributed by atoms with van der Waals surface area (Å²) in [6.07, 6.45) is 4.84. The first-order valence-electron chi connectivity index (χ1n) is 7.67. The zero-order chi connectivity index (χ0) is 15.5. The Morgan fingerprint density at radius 2 is 2.04 bits per heavy atom. The van der Waals surface area contributed by atoms with Crippen molar-refractivity contribution < 1.29 is 0 Å². The number of thiophene rings is 1. The highest BCUT2D eigenvalue weighted by molar-refractivity contribution is 7.98. The lowest BCUT2D eigenvalue weighted by Gasteiger charge is -2.27. The van der Waals surface area contributed by atoms with Crippen molar-refractivity contribution in [3.63, 3.8) is 0 Å². The first kappa shape index (κ1) is 14.7. The zero-order valence-electron chi connectivity index (χ0n) is 12.7. The fraction of sp³-hybridized carbons (Fsp3) is 0.222. The van der Waals surface area contributed by atoms with Gasteiger partial charge in [0, 0.05) is 23.7 Å². The van der Waals surface area contributed by atoms with E-state index in [9.17, 15) is 0 Å². The molecular weight excluding hydrogens is 322 g/mol. The van der Waals surface area contributed by atoms with Crippen LogP contribution in [0.4, 0.5) is 5.82 Å². The van der Waals surface area contributed by atoms with E-state index in [1.807, 2.05) is 29.8 Å². The van der Waals surface area contributed by atoms with Crippen LogP contribution in [0.2, 0.25) is 0 Å². The summed E-state index contributed by atoms with van der Waals surface area (Å²) in [4.78, 5) is 13.0. The molecule has 0 amide bonds. The fourth-order valence-corrected chi connectivity index (χ4v) is 4.43. The first-order chi connectivity index (χ1) is 11.4.